The second kappa shape index (κ2) is 9.69. The van der Waals surface area contributed by atoms with Crippen molar-refractivity contribution in [1.29, 1.82) is 0 Å². The topological polar surface area (TPSA) is 91.6 Å². The van der Waals surface area contributed by atoms with Crippen LogP contribution in [0.3, 0.4) is 0 Å². The van der Waals surface area contributed by atoms with Crippen molar-refractivity contribution in [2.24, 2.45) is 0 Å². The zero-order valence-corrected chi connectivity index (χ0v) is 16.7. The van der Waals surface area contributed by atoms with Crippen LogP contribution in [0.5, 0.6) is 0 Å². The predicted molar refractivity (Wildman–Crippen MR) is 113 cm³/mol. The van der Waals surface area contributed by atoms with Crippen molar-refractivity contribution in [2.75, 3.05) is 13.2 Å². The first-order chi connectivity index (χ1) is 14.0. The number of rotatable bonds is 8. The molecule has 2 aromatic carbocycles. The van der Waals surface area contributed by atoms with Gasteiger partial charge in [0.2, 0.25) is 5.43 Å². The van der Waals surface area contributed by atoms with Crippen molar-refractivity contribution in [3.63, 3.8) is 0 Å². The van der Waals surface area contributed by atoms with Crippen molar-refractivity contribution in [3.8, 4) is 0 Å². The molecule has 0 saturated carbocycles. The van der Waals surface area contributed by atoms with Crippen molar-refractivity contribution < 1.29 is 15.0 Å². The van der Waals surface area contributed by atoms with Gasteiger partial charge >= 0.3 is 0 Å². The summed E-state index contributed by atoms with van der Waals surface area (Å²) in [4.78, 5) is 25.7. The van der Waals surface area contributed by atoms with E-state index < -0.39 is 5.91 Å². The van der Waals surface area contributed by atoms with Crippen LogP contribution < -0.4 is 10.7 Å². The molecule has 1 heterocycles. The molecule has 1 amide bonds. The number of nitrogens with zero attached hydrogens (tertiary/aromatic N) is 1. The van der Waals surface area contributed by atoms with E-state index in [0.717, 1.165) is 11.1 Å². The van der Waals surface area contributed by atoms with Crippen molar-refractivity contribution >= 4 is 28.4 Å². The van der Waals surface area contributed by atoms with E-state index in [4.69, 9.17) is 16.7 Å². The molecular formula is C22H23ClN2O4. The number of hydrogen-bond donors (Lipinski definition) is 3. The number of carbonyl (C=O) groups excluding carboxylic acids is 1. The van der Waals surface area contributed by atoms with Gasteiger partial charge in [0.1, 0.15) is 5.56 Å². The Morgan fingerprint density at radius 1 is 1.03 bits per heavy atom. The Labute approximate surface area is 173 Å². The van der Waals surface area contributed by atoms with Crippen LogP contribution in [0.4, 0.5) is 0 Å². The summed E-state index contributed by atoms with van der Waals surface area (Å²) in [7, 11) is 0. The lowest BCUT2D eigenvalue weighted by atomic mass is 10.0. The Hall–Kier alpha value is -2.67. The maximum Gasteiger partial charge on any atom is 0.257 e. The highest BCUT2D eigenvalue weighted by Crippen LogP contribution is 2.16. The third kappa shape index (κ3) is 5.03. The Balaban J connectivity index is 1.94. The number of hydrogen-bond acceptors (Lipinski definition) is 4. The molecule has 1 aromatic heterocycles. The van der Waals surface area contributed by atoms with Gasteiger partial charge in [-0.1, -0.05) is 29.8 Å². The summed E-state index contributed by atoms with van der Waals surface area (Å²) in [5.41, 5.74) is 2.11. The summed E-state index contributed by atoms with van der Waals surface area (Å²) in [6.07, 6.45) is 2.72. The Morgan fingerprint density at radius 3 is 2.45 bits per heavy atom. The fraction of sp³-hybridized carbons (Fsp3) is 0.273. The highest BCUT2D eigenvalue weighted by Gasteiger charge is 2.16. The van der Waals surface area contributed by atoms with Crippen molar-refractivity contribution in [1.82, 2.24) is 9.88 Å². The molecule has 0 spiro atoms. The summed E-state index contributed by atoms with van der Waals surface area (Å²) >= 11 is 5.87. The number of aryl methyl sites for hydroxylation is 1. The molecule has 0 fully saturated rings. The lowest BCUT2D eigenvalue weighted by Crippen LogP contribution is -2.29. The van der Waals surface area contributed by atoms with E-state index in [9.17, 15) is 14.7 Å². The first-order valence-corrected chi connectivity index (χ1v) is 9.81. The molecule has 0 saturated heterocycles. The Kier molecular flexibility index (Phi) is 7.04. The third-order valence-corrected chi connectivity index (χ3v) is 4.97. The molecule has 0 atom stereocenters. The largest absolute Gasteiger partial charge is 0.396 e. The van der Waals surface area contributed by atoms with E-state index in [1.807, 2.05) is 12.1 Å². The van der Waals surface area contributed by atoms with Crippen LogP contribution in [0.15, 0.2) is 53.5 Å². The first-order valence-electron chi connectivity index (χ1n) is 9.44. The van der Waals surface area contributed by atoms with Crippen molar-refractivity contribution in [3.05, 3.63) is 80.6 Å². The molecule has 0 unspecified atom stereocenters. The van der Waals surface area contributed by atoms with Crippen molar-refractivity contribution in [2.45, 2.75) is 25.9 Å². The molecule has 6 nitrogen and oxygen atoms in total. The van der Waals surface area contributed by atoms with Gasteiger partial charge in [-0.2, -0.15) is 0 Å². The smallest absolute Gasteiger partial charge is 0.257 e. The first kappa shape index (κ1) is 21.0. The minimum atomic E-state index is -0.473. The average Bonchev–Trinajstić information content (AvgIpc) is 2.73. The molecule has 3 rings (SSSR count). The number of pyridine rings is 1. The van der Waals surface area contributed by atoms with Gasteiger partial charge in [0.05, 0.1) is 12.1 Å². The van der Waals surface area contributed by atoms with Crippen LogP contribution in [0.2, 0.25) is 5.02 Å². The van der Waals surface area contributed by atoms with E-state index in [2.05, 4.69) is 5.32 Å². The zero-order valence-electron chi connectivity index (χ0n) is 15.9. The van der Waals surface area contributed by atoms with Crippen LogP contribution in [0.25, 0.3) is 10.9 Å². The highest BCUT2D eigenvalue weighted by atomic mass is 35.5. The molecule has 0 aliphatic carbocycles. The molecular weight excluding hydrogens is 392 g/mol. The average molecular weight is 415 g/mol. The van der Waals surface area contributed by atoms with Gasteiger partial charge in [-0.15, -0.1) is 0 Å². The lowest BCUT2D eigenvalue weighted by molar-refractivity contribution is 0.0949. The fourth-order valence-corrected chi connectivity index (χ4v) is 3.34. The number of aliphatic hydroxyl groups is 2. The minimum Gasteiger partial charge on any atom is -0.396 e. The molecule has 0 aliphatic heterocycles. The van der Waals surface area contributed by atoms with Crippen LogP contribution in [0, 0.1) is 0 Å². The SMILES string of the molecule is O=C(NCc1ccc(Cl)cc1)c1cn(CCO)c2ccc(CCCO)cc2c1=O. The standard InChI is InChI=1S/C22H23ClN2O4/c23-17-6-3-16(4-7-17)13-24-22(29)19-14-25(9-11-27)20-8-5-15(2-1-10-26)12-18(20)21(19)28/h3-8,12,14,26-27H,1-2,9-11,13H2,(H,24,29). The number of amides is 1. The quantitative estimate of drug-likeness (QED) is 0.528. The number of fused-ring (bicyclic) bond motifs is 1. The van der Waals surface area contributed by atoms with Gasteiger partial charge in [-0.3, -0.25) is 9.59 Å². The number of aliphatic hydroxyl groups excluding tert-OH is 2. The number of carbonyl (C=O) groups is 1. The summed E-state index contributed by atoms with van der Waals surface area (Å²) in [5, 5.41) is 22.2. The molecule has 0 radical (unpaired) electrons. The Morgan fingerprint density at radius 2 is 1.76 bits per heavy atom. The third-order valence-electron chi connectivity index (χ3n) is 4.72. The van der Waals surface area contributed by atoms with E-state index in [1.54, 1.807) is 34.9 Å². The lowest BCUT2D eigenvalue weighted by Gasteiger charge is -2.14. The van der Waals surface area contributed by atoms with E-state index in [1.165, 1.54) is 6.20 Å². The maximum absolute atomic E-state index is 13.0. The Bertz CT molecular complexity index is 1060. The number of halogens is 1. The molecule has 0 aliphatic rings. The number of nitrogens with one attached hydrogen (secondary N) is 1. The number of aromatic nitrogens is 1. The summed E-state index contributed by atoms with van der Waals surface area (Å²) in [6.45, 7) is 0.490. The van der Waals surface area contributed by atoms with Crippen LogP contribution in [0.1, 0.15) is 27.9 Å². The van der Waals surface area contributed by atoms with E-state index in [0.29, 0.717) is 28.8 Å². The molecule has 7 heteroatoms. The normalized spacial score (nSPS) is 11.0. The summed E-state index contributed by atoms with van der Waals surface area (Å²) in [6, 6.07) is 12.6. The predicted octanol–water partition coefficient (Wildman–Crippen LogP) is 2.50. The van der Waals surface area contributed by atoms with Gasteiger partial charge in [-0.25, -0.2) is 0 Å². The van der Waals surface area contributed by atoms with Crippen LogP contribution in [-0.4, -0.2) is 33.9 Å². The zero-order chi connectivity index (χ0) is 20.8. The molecule has 3 aromatic rings. The maximum atomic E-state index is 13.0. The summed E-state index contributed by atoms with van der Waals surface area (Å²) in [5.74, 6) is -0.473. The second-order valence-electron chi connectivity index (χ2n) is 6.78. The molecule has 152 valence electrons. The molecule has 3 N–H and O–H groups in total. The molecule has 29 heavy (non-hydrogen) atoms. The highest BCUT2D eigenvalue weighted by molar-refractivity contribution is 6.30. The van der Waals surface area contributed by atoms with E-state index in [-0.39, 0.29) is 37.3 Å². The monoisotopic (exact) mass is 414 g/mol. The van der Waals surface area contributed by atoms with Gasteiger partial charge in [0, 0.05) is 36.3 Å². The second-order valence-corrected chi connectivity index (χ2v) is 7.21. The fourth-order valence-electron chi connectivity index (χ4n) is 3.22. The van der Waals surface area contributed by atoms with Gasteiger partial charge < -0.3 is 20.1 Å². The van der Waals surface area contributed by atoms with Gasteiger partial charge in [0.25, 0.3) is 5.91 Å². The van der Waals surface area contributed by atoms with Crippen LogP contribution in [-0.2, 0) is 19.5 Å². The van der Waals surface area contributed by atoms with E-state index >= 15 is 0 Å². The van der Waals surface area contributed by atoms with Crippen LogP contribution >= 0.6 is 11.6 Å². The minimum absolute atomic E-state index is 0.0271. The molecule has 0 bridgehead atoms. The van der Waals surface area contributed by atoms with Gasteiger partial charge in [0.15, 0.2) is 0 Å². The summed E-state index contributed by atoms with van der Waals surface area (Å²) < 4.78 is 1.71. The number of benzene rings is 2. The van der Waals surface area contributed by atoms with Gasteiger partial charge in [-0.05, 0) is 48.2 Å².